The fourth-order valence-electron chi connectivity index (χ4n) is 3.34. The van der Waals surface area contributed by atoms with Gasteiger partial charge in [-0.05, 0) is 37.8 Å². The third-order valence-electron chi connectivity index (χ3n) is 4.28. The second-order valence-corrected chi connectivity index (χ2v) is 5.56. The molecule has 3 rings (SSSR count). The van der Waals surface area contributed by atoms with Gasteiger partial charge in [0.1, 0.15) is 5.69 Å². The van der Waals surface area contributed by atoms with Crippen LogP contribution in [-0.4, -0.2) is 54.3 Å². The predicted octanol–water partition coefficient (Wildman–Crippen LogP) is 1.67. The number of H-pyrrole nitrogens is 1. The minimum atomic E-state index is 0.0883. The lowest BCUT2D eigenvalue weighted by Crippen LogP contribution is -2.51. The molecule has 2 fully saturated rings. The maximum atomic E-state index is 12.5. The van der Waals surface area contributed by atoms with Crippen molar-refractivity contribution < 1.29 is 14.3 Å². The molecular weight excluding hydrogens is 256 g/mol. The highest BCUT2D eigenvalue weighted by molar-refractivity contribution is 5.92. The lowest BCUT2D eigenvalue weighted by molar-refractivity contribution is -0.0451. The Kier molecular flexibility index (Phi) is 4.08. The molecule has 1 aromatic rings. The first-order chi connectivity index (χ1) is 9.79. The quantitative estimate of drug-likeness (QED) is 0.911. The minimum absolute atomic E-state index is 0.0883. The number of hydrogen-bond acceptors (Lipinski definition) is 3. The Morgan fingerprint density at radius 2 is 2.45 bits per heavy atom. The number of ether oxygens (including phenoxy) is 2. The van der Waals surface area contributed by atoms with Crippen molar-refractivity contribution in [1.82, 2.24) is 9.88 Å². The molecule has 2 heterocycles. The highest BCUT2D eigenvalue weighted by Crippen LogP contribution is 2.35. The summed E-state index contributed by atoms with van der Waals surface area (Å²) in [7, 11) is 0. The van der Waals surface area contributed by atoms with E-state index in [1.54, 1.807) is 6.20 Å². The standard InChI is InChI=1S/C15H22N2O3/c1-2-19-10-11-8-13-14(9-11)20-7-6-17(13)15(18)12-4-3-5-16-12/h3-5,11,13-14,16H,2,6-10H2,1H3/t11?,13-,14-/m0/s1. The van der Waals surface area contributed by atoms with Crippen LogP contribution in [-0.2, 0) is 9.47 Å². The summed E-state index contributed by atoms with van der Waals surface area (Å²) in [5, 5.41) is 0. The second kappa shape index (κ2) is 5.97. The summed E-state index contributed by atoms with van der Waals surface area (Å²) >= 11 is 0. The molecule has 5 nitrogen and oxygen atoms in total. The van der Waals surface area contributed by atoms with Gasteiger partial charge in [-0.3, -0.25) is 4.79 Å². The van der Waals surface area contributed by atoms with E-state index in [9.17, 15) is 4.79 Å². The van der Waals surface area contributed by atoms with Gasteiger partial charge >= 0.3 is 0 Å². The molecule has 1 aliphatic heterocycles. The first kappa shape index (κ1) is 13.6. The number of morpholine rings is 1. The molecule has 0 aromatic carbocycles. The molecule has 1 amide bonds. The number of aromatic amines is 1. The third kappa shape index (κ3) is 2.60. The summed E-state index contributed by atoms with van der Waals surface area (Å²) in [6.45, 7) is 4.85. The largest absolute Gasteiger partial charge is 0.381 e. The smallest absolute Gasteiger partial charge is 0.270 e. The molecule has 2 aliphatic rings. The third-order valence-corrected chi connectivity index (χ3v) is 4.28. The van der Waals surface area contributed by atoms with Crippen LogP contribution in [0.25, 0.3) is 0 Å². The van der Waals surface area contributed by atoms with Crippen molar-refractivity contribution in [3.8, 4) is 0 Å². The number of aromatic nitrogens is 1. The van der Waals surface area contributed by atoms with Gasteiger partial charge in [-0.15, -0.1) is 0 Å². The normalized spacial score (nSPS) is 29.4. The number of carbonyl (C=O) groups is 1. The van der Waals surface area contributed by atoms with E-state index in [2.05, 4.69) is 4.98 Å². The van der Waals surface area contributed by atoms with Crippen LogP contribution in [0.4, 0.5) is 0 Å². The van der Waals surface area contributed by atoms with Crippen LogP contribution in [0.2, 0.25) is 0 Å². The lowest BCUT2D eigenvalue weighted by Gasteiger charge is -2.37. The number of hydrogen-bond donors (Lipinski definition) is 1. The molecule has 110 valence electrons. The Morgan fingerprint density at radius 3 is 3.20 bits per heavy atom. The van der Waals surface area contributed by atoms with Gasteiger partial charge in [-0.1, -0.05) is 0 Å². The lowest BCUT2D eigenvalue weighted by atomic mass is 10.1. The molecule has 1 N–H and O–H groups in total. The molecule has 20 heavy (non-hydrogen) atoms. The molecule has 1 unspecified atom stereocenters. The van der Waals surface area contributed by atoms with E-state index in [-0.39, 0.29) is 18.1 Å². The van der Waals surface area contributed by atoms with Crippen LogP contribution < -0.4 is 0 Å². The number of nitrogens with one attached hydrogen (secondary N) is 1. The van der Waals surface area contributed by atoms with Crippen LogP contribution in [0.3, 0.4) is 0 Å². The highest BCUT2D eigenvalue weighted by Gasteiger charge is 2.43. The average molecular weight is 278 g/mol. The number of amides is 1. The fourth-order valence-corrected chi connectivity index (χ4v) is 3.34. The highest BCUT2D eigenvalue weighted by atomic mass is 16.5. The number of nitrogens with zero attached hydrogens (tertiary/aromatic N) is 1. The van der Waals surface area contributed by atoms with Crippen LogP contribution in [0.1, 0.15) is 30.3 Å². The topological polar surface area (TPSA) is 54.6 Å². The molecule has 5 heteroatoms. The molecule has 0 bridgehead atoms. The summed E-state index contributed by atoms with van der Waals surface area (Å²) in [5.74, 6) is 0.590. The zero-order valence-corrected chi connectivity index (χ0v) is 11.9. The van der Waals surface area contributed by atoms with Gasteiger partial charge in [-0.25, -0.2) is 0 Å². The zero-order chi connectivity index (χ0) is 13.9. The van der Waals surface area contributed by atoms with Crippen LogP contribution in [0.15, 0.2) is 18.3 Å². The number of rotatable bonds is 4. The van der Waals surface area contributed by atoms with E-state index in [4.69, 9.17) is 9.47 Å². The van der Waals surface area contributed by atoms with Gasteiger partial charge < -0.3 is 19.4 Å². The van der Waals surface area contributed by atoms with Crippen molar-refractivity contribution in [3.63, 3.8) is 0 Å². The summed E-state index contributed by atoms with van der Waals surface area (Å²) in [5.41, 5.74) is 0.666. The maximum Gasteiger partial charge on any atom is 0.270 e. The predicted molar refractivity (Wildman–Crippen MR) is 74.6 cm³/mol. The summed E-state index contributed by atoms with van der Waals surface area (Å²) in [4.78, 5) is 17.5. The average Bonchev–Trinajstić information content (AvgIpc) is 3.12. The van der Waals surface area contributed by atoms with E-state index in [1.165, 1.54) is 0 Å². The first-order valence-electron chi connectivity index (χ1n) is 7.43. The molecule has 1 aromatic heterocycles. The van der Waals surface area contributed by atoms with Gasteiger partial charge in [0.15, 0.2) is 0 Å². The second-order valence-electron chi connectivity index (χ2n) is 5.56. The monoisotopic (exact) mass is 278 g/mol. The van der Waals surface area contributed by atoms with Gasteiger partial charge in [-0.2, -0.15) is 0 Å². The molecule has 1 aliphatic carbocycles. The Balaban J connectivity index is 1.68. The Labute approximate surface area is 119 Å². The zero-order valence-electron chi connectivity index (χ0n) is 11.9. The Bertz CT molecular complexity index is 446. The Hall–Kier alpha value is -1.33. The molecule has 0 spiro atoms. The van der Waals surface area contributed by atoms with Gasteiger partial charge in [0, 0.05) is 26.0 Å². The van der Waals surface area contributed by atoms with Crippen LogP contribution >= 0.6 is 0 Å². The van der Waals surface area contributed by atoms with E-state index in [0.717, 1.165) is 26.1 Å². The number of fused-ring (bicyclic) bond motifs is 1. The first-order valence-corrected chi connectivity index (χ1v) is 7.43. The van der Waals surface area contributed by atoms with Crippen LogP contribution in [0, 0.1) is 5.92 Å². The van der Waals surface area contributed by atoms with E-state index >= 15 is 0 Å². The SMILES string of the molecule is CCOCC1C[C@@H]2OCCN(C(=O)c3ccc[nH]3)[C@H]2C1. The number of carbonyl (C=O) groups excluding carboxylic acids is 1. The van der Waals surface area contributed by atoms with Crippen molar-refractivity contribution in [3.05, 3.63) is 24.0 Å². The molecular formula is C15H22N2O3. The van der Waals surface area contributed by atoms with E-state index in [1.807, 2.05) is 24.0 Å². The van der Waals surface area contributed by atoms with E-state index < -0.39 is 0 Å². The maximum absolute atomic E-state index is 12.5. The molecule has 0 radical (unpaired) electrons. The van der Waals surface area contributed by atoms with Crippen molar-refractivity contribution in [2.75, 3.05) is 26.4 Å². The summed E-state index contributed by atoms with van der Waals surface area (Å²) < 4.78 is 11.4. The minimum Gasteiger partial charge on any atom is -0.381 e. The molecule has 1 saturated heterocycles. The summed E-state index contributed by atoms with van der Waals surface area (Å²) in [6, 6.07) is 3.89. The van der Waals surface area contributed by atoms with Gasteiger partial charge in [0.05, 0.1) is 18.8 Å². The van der Waals surface area contributed by atoms with Crippen molar-refractivity contribution in [2.45, 2.75) is 31.9 Å². The molecule has 3 atom stereocenters. The van der Waals surface area contributed by atoms with Crippen molar-refractivity contribution >= 4 is 5.91 Å². The Morgan fingerprint density at radius 1 is 1.55 bits per heavy atom. The van der Waals surface area contributed by atoms with Crippen molar-refractivity contribution in [1.29, 1.82) is 0 Å². The van der Waals surface area contributed by atoms with Gasteiger partial charge in [0.2, 0.25) is 0 Å². The van der Waals surface area contributed by atoms with E-state index in [0.29, 0.717) is 24.8 Å². The summed E-state index contributed by atoms with van der Waals surface area (Å²) in [6.07, 6.45) is 3.95. The van der Waals surface area contributed by atoms with Gasteiger partial charge in [0.25, 0.3) is 5.91 Å². The van der Waals surface area contributed by atoms with Crippen molar-refractivity contribution in [2.24, 2.45) is 5.92 Å². The molecule has 1 saturated carbocycles. The van der Waals surface area contributed by atoms with Crippen LogP contribution in [0.5, 0.6) is 0 Å². The fraction of sp³-hybridized carbons (Fsp3) is 0.667.